The third-order valence-corrected chi connectivity index (χ3v) is 2.02. The van der Waals surface area contributed by atoms with Crippen LogP contribution in [0.15, 0.2) is 30.3 Å². The molecule has 17 heavy (non-hydrogen) atoms. The molecule has 86 valence electrons. The van der Waals surface area contributed by atoms with Crippen LogP contribution in [0.5, 0.6) is 0 Å². The summed E-state index contributed by atoms with van der Waals surface area (Å²) in [5, 5.41) is 28.1. The van der Waals surface area contributed by atoms with Crippen LogP contribution in [0.3, 0.4) is 0 Å². The van der Waals surface area contributed by atoms with Gasteiger partial charge in [-0.15, -0.1) is 15.0 Å². The molecule has 2 rings (SSSR count). The van der Waals surface area contributed by atoms with E-state index in [0.29, 0.717) is 5.56 Å². The Bertz CT molecular complexity index is 576. The van der Waals surface area contributed by atoms with Gasteiger partial charge in [0.1, 0.15) is 11.4 Å². The molecular weight excluding hydrogens is 226 g/mol. The minimum atomic E-state index is -1.71. The van der Waals surface area contributed by atoms with Gasteiger partial charge in [0.15, 0.2) is 6.09 Å². The molecule has 7 heteroatoms. The SMILES string of the molecule is O=C([O-])c1nn(C(=O)[O-])nc1-c1ccccc1. The van der Waals surface area contributed by atoms with Crippen LogP contribution >= 0.6 is 0 Å². The number of carboxylic acids is 1. The normalized spacial score (nSPS) is 10.1. The van der Waals surface area contributed by atoms with Gasteiger partial charge >= 0.3 is 0 Å². The second-order valence-electron chi connectivity index (χ2n) is 3.11. The highest BCUT2D eigenvalue weighted by Gasteiger charge is 2.14. The molecule has 1 aromatic heterocycles. The van der Waals surface area contributed by atoms with Crippen molar-refractivity contribution in [2.24, 2.45) is 0 Å². The topological polar surface area (TPSA) is 111 Å². The van der Waals surface area contributed by atoms with Crippen molar-refractivity contribution in [1.29, 1.82) is 0 Å². The van der Waals surface area contributed by atoms with Crippen molar-refractivity contribution in [3.63, 3.8) is 0 Å². The maximum Gasteiger partial charge on any atom is 0.185 e. The molecule has 0 aliphatic carbocycles. The standard InChI is InChI=1S/C10H7N3O4/c14-9(15)8-7(6-4-2-1-3-5-6)11-13(12-8)10(16)17/h1-5H,(H,14,15)(H,16,17)/p-2. The number of nitrogens with zero attached hydrogens (tertiary/aromatic N) is 3. The van der Waals surface area contributed by atoms with Gasteiger partial charge in [-0.05, 0) is 0 Å². The summed E-state index contributed by atoms with van der Waals surface area (Å²) in [6.07, 6.45) is -1.71. The van der Waals surface area contributed by atoms with Gasteiger partial charge in [-0.1, -0.05) is 30.3 Å². The summed E-state index contributed by atoms with van der Waals surface area (Å²) in [5.41, 5.74) is -0.186. The third kappa shape index (κ3) is 1.98. The van der Waals surface area contributed by atoms with E-state index in [2.05, 4.69) is 10.2 Å². The minimum absolute atomic E-state index is 0.0743. The molecule has 0 radical (unpaired) electrons. The first-order chi connectivity index (χ1) is 8.09. The minimum Gasteiger partial charge on any atom is -0.543 e. The molecule has 0 atom stereocenters. The summed E-state index contributed by atoms with van der Waals surface area (Å²) in [7, 11) is 0. The van der Waals surface area contributed by atoms with E-state index >= 15 is 0 Å². The van der Waals surface area contributed by atoms with E-state index in [0.717, 1.165) is 0 Å². The second-order valence-corrected chi connectivity index (χ2v) is 3.11. The number of aromatic carboxylic acids is 1. The first-order valence-electron chi connectivity index (χ1n) is 4.55. The predicted octanol–water partition coefficient (Wildman–Crippen LogP) is -1.50. The summed E-state index contributed by atoms with van der Waals surface area (Å²) in [6, 6.07) is 8.20. The zero-order valence-corrected chi connectivity index (χ0v) is 8.36. The Kier molecular flexibility index (Phi) is 2.57. The molecule has 7 nitrogen and oxygen atoms in total. The predicted molar refractivity (Wildman–Crippen MR) is 50.6 cm³/mol. The molecule has 0 unspecified atom stereocenters. The van der Waals surface area contributed by atoms with Gasteiger partial charge in [0.25, 0.3) is 0 Å². The van der Waals surface area contributed by atoms with Crippen molar-refractivity contribution in [3.8, 4) is 11.3 Å². The largest absolute Gasteiger partial charge is 0.543 e. The van der Waals surface area contributed by atoms with Crippen LogP contribution in [0, 0.1) is 0 Å². The summed E-state index contributed by atoms with van der Waals surface area (Å²) < 4.78 is 0. The average Bonchev–Trinajstić information content (AvgIpc) is 2.75. The van der Waals surface area contributed by atoms with Crippen LogP contribution in [0.1, 0.15) is 10.5 Å². The maximum absolute atomic E-state index is 10.8. The number of rotatable bonds is 2. The molecule has 0 amide bonds. The third-order valence-electron chi connectivity index (χ3n) is 2.02. The van der Waals surface area contributed by atoms with Crippen molar-refractivity contribution in [2.45, 2.75) is 0 Å². The van der Waals surface area contributed by atoms with Gasteiger partial charge in [-0.25, -0.2) is 0 Å². The Hall–Kier alpha value is -2.70. The number of carbonyl (C=O) groups excluding carboxylic acids is 2. The highest BCUT2D eigenvalue weighted by atomic mass is 16.4. The van der Waals surface area contributed by atoms with Gasteiger partial charge in [-0.2, -0.15) is 0 Å². The van der Waals surface area contributed by atoms with Crippen LogP contribution in [0.25, 0.3) is 11.3 Å². The molecule has 1 aromatic carbocycles. The Morgan fingerprint density at radius 3 is 2.24 bits per heavy atom. The van der Waals surface area contributed by atoms with Gasteiger partial charge in [0, 0.05) is 5.56 Å². The Morgan fingerprint density at radius 2 is 1.71 bits per heavy atom. The highest BCUT2D eigenvalue weighted by Crippen LogP contribution is 2.18. The zero-order valence-electron chi connectivity index (χ0n) is 8.36. The van der Waals surface area contributed by atoms with E-state index in [1.807, 2.05) is 0 Å². The van der Waals surface area contributed by atoms with Crippen molar-refractivity contribution >= 4 is 12.1 Å². The van der Waals surface area contributed by atoms with Crippen molar-refractivity contribution in [2.75, 3.05) is 0 Å². The molecule has 0 saturated carbocycles. The first-order valence-corrected chi connectivity index (χ1v) is 4.55. The molecule has 0 spiro atoms. The van der Waals surface area contributed by atoms with Crippen molar-refractivity contribution in [1.82, 2.24) is 15.0 Å². The lowest BCUT2D eigenvalue weighted by atomic mass is 10.1. The number of hydrogen-bond donors (Lipinski definition) is 0. The average molecular weight is 231 g/mol. The quantitative estimate of drug-likeness (QED) is 0.621. The van der Waals surface area contributed by atoms with Gasteiger partial charge in [-0.3, -0.25) is 0 Å². The lowest BCUT2D eigenvalue weighted by molar-refractivity contribution is -0.255. The van der Waals surface area contributed by atoms with E-state index in [9.17, 15) is 19.8 Å². The van der Waals surface area contributed by atoms with Gasteiger partial charge in [0.05, 0.1) is 5.97 Å². The second kappa shape index (κ2) is 4.05. The molecule has 0 bridgehead atoms. The number of carboxylic acid groups (broad SMARTS) is 2. The summed E-state index contributed by atoms with van der Waals surface area (Å²) in [6.45, 7) is 0. The van der Waals surface area contributed by atoms with Crippen molar-refractivity contribution in [3.05, 3.63) is 36.0 Å². The van der Waals surface area contributed by atoms with Gasteiger partial charge in [0.2, 0.25) is 0 Å². The Morgan fingerprint density at radius 1 is 1.06 bits per heavy atom. The van der Waals surface area contributed by atoms with Crippen molar-refractivity contribution < 1.29 is 19.8 Å². The van der Waals surface area contributed by atoms with Crippen LogP contribution in [-0.4, -0.2) is 27.1 Å². The molecule has 0 aliphatic heterocycles. The van der Waals surface area contributed by atoms with Crippen LogP contribution < -0.4 is 10.2 Å². The molecule has 0 N–H and O–H groups in total. The number of hydrogen-bond acceptors (Lipinski definition) is 6. The van der Waals surface area contributed by atoms with Crippen LogP contribution in [0.4, 0.5) is 4.79 Å². The number of carbonyl (C=O) groups is 2. The maximum atomic E-state index is 10.8. The van der Waals surface area contributed by atoms with Gasteiger partial charge < -0.3 is 19.8 Å². The highest BCUT2D eigenvalue weighted by molar-refractivity contribution is 5.91. The lowest BCUT2D eigenvalue weighted by Crippen LogP contribution is -2.31. The molecule has 0 fully saturated rings. The fourth-order valence-corrected chi connectivity index (χ4v) is 1.32. The fourth-order valence-electron chi connectivity index (χ4n) is 1.32. The van der Waals surface area contributed by atoms with Crippen LogP contribution in [-0.2, 0) is 0 Å². The summed E-state index contributed by atoms with van der Waals surface area (Å²) >= 11 is 0. The first kappa shape index (κ1) is 10.8. The fraction of sp³-hybridized carbons (Fsp3) is 0. The molecule has 0 saturated heterocycles. The molecule has 2 aromatic rings. The smallest absolute Gasteiger partial charge is 0.185 e. The van der Waals surface area contributed by atoms with E-state index in [-0.39, 0.29) is 10.5 Å². The zero-order chi connectivity index (χ0) is 12.4. The van der Waals surface area contributed by atoms with Crippen LogP contribution in [0.2, 0.25) is 0 Å². The number of aromatic nitrogens is 3. The van der Waals surface area contributed by atoms with E-state index in [4.69, 9.17) is 0 Å². The Balaban J connectivity index is 2.60. The van der Waals surface area contributed by atoms with E-state index < -0.39 is 17.8 Å². The van der Waals surface area contributed by atoms with E-state index in [1.54, 1.807) is 30.3 Å². The summed E-state index contributed by atoms with van der Waals surface area (Å²) in [5.74, 6) is -1.60. The molecular formula is C10H5N3O4-2. The monoisotopic (exact) mass is 231 g/mol. The lowest BCUT2D eigenvalue weighted by Gasteiger charge is -1.99. The molecule has 1 heterocycles. The van der Waals surface area contributed by atoms with E-state index in [1.165, 1.54) is 0 Å². The summed E-state index contributed by atoms with van der Waals surface area (Å²) in [4.78, 5) is 21.5. The number of benzene rings is 1. The Labute approximate surface area is 94.9 Å². The molecule has 0 aliphatic rings.